The molecule has 28 heavy (non-hydrogen) atoms. The number of aryl methyl sites for hydroxylation is 2. The molecule has 0 aliphatic carbocycles. The molecule has 0 radical (unpaired) electrons. The summed E-state index contributed by atoms with van der Waals surface area (Å²) in [7, 11) is 1.56. The second kappa shape index (κ2) is 10.2. The van der Waals surface area contributed by atoms with Gasteiger partial charge in [0.25, 0.3) is 5.91 Å². The Morgan fingerprint density at radius 3 is 2.50 bits per heavy atom. The number of anilines is 1. The number of unbranched alkanes of at least 4 members (excludes halogenated alkanes) is 1. The van der Waals surface area contributed by atoms with E-state index < -0.39 is 5.91 Å². The Morgan fingerprint density at radius 2 is 1.89 bits per heavy atom. The van der Waals surface area contributed by atoms with E-state index in [9.17, 15) is 10.1 Å². The topological polar surface area (TPSA) is 71.3 Å². The van der Waals surface area contributed by atoms with Crippen molar-refractivity contribution in [1.29, 1.82) is 5.26 Å². The van der Waals surface area contributed by atoms with Gasteiger partial charge in [0.05, 0.1) is 13.7 Å². The second-order valence-electron chi connectivity index (χ2n) is 6.50. The van der Waals surface area contributed by atoms with E-state index in [2.05, 4.69) is 12.2 Å². The summed E-state index contributed by atoms with van der Waals surface area (Å²) in [6.45, 7) is 6.55. The maximum absolute atomic E-state index is 12.6. The van der Waals surface area contributed by atoms with Crippen molar-refractivity contribution in [3.8, 4) is 17.6 Å². The molecule has 146 valence electrons. The van der Waals surface area contributed by atoms with Gasteiger partial charge in [0, 0.05) is 5.69 Å². The smallest absolute Gasteiger partial charge is 0.266 e. The molecule has 0 aromatic heterocycles. The van der Waals surface area contributed by atoms with Gasteiger partial charge in [0.2, 0.25) is 0 Å². The normalized spacial score (nSPS) is 10.9. The average Bonchev–Trinajstić information content (AvgIpc) is 2.69. The number of nitrogens with one attached hydrogen (secondary N) is 1. The largest absolute Gasteiger partial charge is 0.493 e. The highest BCUT2D eigenvalue weighted by Gasteiger charge is 2.13. The summed E-state index contributed by atoms with van der Waals surface area (Å²) >= 11 is 0. The van der Waals surface area contributed by atoms with E-state index in [0.29, 0.717) is 23.7 Å². The molecule has 0 heterocycles. The number of benzene rings is 2. The van der Waals surface area contributed by atoms with E-state index in [4.69, 9.17) is 9.47 Å². The fourth-order valence-electron chi connectivity index (χ4n) is 2.73. The van der Waals surface area contributed by atoms with Crippen LogP contribution in [0.4, 0.5) is 5.69 Å². The lowest BCUT2D eigenvalue weighted by Gasteiger charge is -2.12. The van der Waals surface area contributed by atoms with Gasteiger partial charge in [-0.25, -0.2) is 0 Å². The monoisotopic (exact) mass is 378 g/mol. The Morgan fingerprint density at radius 1 is 1.18 bits per heavy atom. The van der Waals surface area contributed by atoms with E-state index in [1.807, 2.05) is 38.1 Å². The number of hydrogen-bond donors (Lipinski definition) is 1. The number of amides is 1. The van der Waals surface area contributed by atoms with Crippen LogP contribution in [0.2, 0.25) is 0 Å². The standard InChI is InChI=1S/C23H26N2O3/c1-5-6-12-28-20-11-10-18(14-21(20)27-4)13-19(15-24)23(26)25-22-16(2)8-7-9-17(22)3/h7-11,13-14H,5-6,12H2,1-4H3,(H,25,26)/b19-13+. The zero-order valence-electron chi connectivity index (χ0n) is 16.8. The van der Waals surface area contributed by atoms with Crippen LogP contribution in [0.15, 0.2) is 42.0 Å². The SMILES string of the molecule is CCCCOc1ccc(/C=C(\C#N)C(=O)Nc2c(C)cccc2C)cc1OC. The Kier molecular flexibility index (Phi) is 7.65. The molecular weight excluding hydrogens is 352 g/mol. The maximum atomic E-state index is 12.6. The van der Waals surface area contributed by atoms with Gasteiger partial charge in [0.15, 0.2) is 11.5 Å². The number of ether oxygens (including phenoxy) is 2. The van der Waals surface area contributed by atoms with E-state index >= 15 is 0 Å². The van der Waals surface area contributed by atoms with Gasteiger partial charge in [-0.15, -0.1) is 0 Å². The molecule has 5 nitrogen and oxygen atoms in total. The fraction of sp³-hybridized carbons (Fsp3) is 0.304. The van der Waals surface area contributed by atoms with Crippen LogP contribution in [0.1, 0.15) is 36.5 Å². The molecule has 0 aliphatic heterocycles. The first kappa shape index (κ1) is 21.0. The van der Waals surface area contributed by atoms with Crippen molar-refractivity contribution >= 4 is 17.7 Å². The average molecular weight is 378 g/mol. The lowest BCUT2D eigenvalue weighted by atomic mass is 10.1. The quantitative estimate of drug-likeness (QED) is 0.397. The lowest BCUT2D eigenvalue weighted by Crippen LogP contribution is -2.15. The number of carbonyl (C=O) groups excluding carboxylic acids is 1. The van der Waals surface area contributed by atoms with Crippen molar-refractivity contribution in [3.63, 3.8) is 0 Å². The van der Waals surface area contributed by atoms with Gasteiger partial charge in [-0.1, -0.05) is 37.6 Å². The van der Waals surface area contributed by atoms with Crippen LogP contribution < -0.4 is 14.8 Å². The number of nitrogens with zero attached hydrogens (tertiary/aromatic N) is 1. The molecule has 5 heteroatoms. The van der Waals surface area contributed by atoms with Crippen molar-refractivity contribution < 1.29 is 14.3 Å². The highest BCUT2D eigenvalue weighted by molar-refractivity contribution is 6.10. The van der Waals surface area contributed by atoms with E-state index in [0.717, 1.165) is 29.7 Å². The molecule has 2 aromatic carbocycles. The zero-order valence-corrected chi connectivity index (χ0v) is 16.8. The van der Waals surface area contributed by atoms with Crippen LogP contribution >= 0.6 is 0 Å². The molecule has 0 bridgehead atoms. The molecule has 1 amide bonds. The number of carbonyl (C=O) groups is 1. The first-order chi connectivity index (χ1) is 13.5. The van der Waals surface area contributed by atoms with Crippen molar-refractivity contribution in [2.75, 3.05) is 19.0 Å². The van der Waals surface area contributed by atoms with Gasteiger partial charge >= 0.3 is 0 Å². The van der Waals surface area contributed by atoms with Gasteiger partial charge in [-0.05, 0) is 55.2 Å². The van der Waals surface area contributed by atoms with E-state index in [1.54, 1.807) is 31.4 Å². The van der Waals surface area contributed by atoms with Crippen molar-refractivity contribution in [1.82, 2.24) is 0 Å². The molecule has 2 aromatic rings. The highest BCUT2D eigenvalue weighted by Crippen LogP contribution is 2.29. The van der Waals surface area contributed by atoms with Gasteiger partial charge in [-0.2, -0.15) is 5.26 Å². The molecule has 0 unspecified atom stereocenters. The third kappa shape index (κ3) is 5.37. The molecule has 0 fully saturated rings. The molecule has 0 aliphatic rings. The summed E-state index contributed by atoms with van der Waals surface area (Å²) in [5.74, 6) is 0.769. The highest BCUT2D eigenvalue weighted by atomic mass is 16.5. The minimum Gasteiger partial charge on any atom is -0.493 e. The molecule has 0 saturated carbocycles. The summed E-state index contributed by atoms with van der Waals surface area (Å²) in [5, 5.41) is 12.3. The van der Waals surface area contributed by atoms with Gasteiger partial charge in [-0.3, -0.25) is 4.79 Å². The van der Waals surface area contributed by atoms with Crippen LogP contribution in [0.25, 0.3) is 6.08 Å². The molecule has 2 rings (SSSR count). The third-order valence-electron chi connectivity index (χ3n) is 4.34. The minimum absolute atomic E-state index is 0.0179. The number of methoxy groups -OCH3 is 1. The first-order valence-corrected chi connectivity index (χ1v) is 9.30. The predicted octanol–water partition coefficient (Wildman–Crippen LogP) is 5.04. The van der Waals surface area contributed by atoms with E-state index in [1.165, 1.54) is 0 Å². The number of para-hydroxylation sites is 1. The number of hydrogen-bond acceptors (Lipinski definition) is 4. The summed E-state index contributed by atoms with van der Waals surface area (Å²) < 4.78 is 11.1. The second-order valence-corrected chi connectivity index (χ2v) is 6.50. The molecule has 0 spiro atoms. The Bertz CT molecular complexity index is 890. The minimum atomic E-state index is -0.442. The summed E-state index contributed by atoms with van der Waals surface area (Å²) in [4.78, 5) is 12.6. The van der Waals surface area contributed by atoms with Crippen molar-refractivity contribution in [2.24, 2.45) is 0 Å². The van der Waals surface area contributed by atoms with Gasteiger partial charge in [0.1, 0.15) is 11.6 Å². The summed E-state index contributed by atoms with van der Waals surface area (Å²) in [6, 6.07) is 13.1. The molecular formula is C23H26N2O3. The maximum Gasteiger partial charge on any atom is 0.266 e. The molecule has 1 N–H and O–H groups in total. The Labute approximate surface area is 166 Å². The van der Waals surface area contributed by atoms with Crippen molar-refractivity contribution in [3.05, 3.63) is 58.7 Å². The Balaban J connectivity index is 2.23. The van der Waals surface area contributed by atoms with Crippen molar-refractivity contribution in [2.45, 2.75) is 33.6 Å². The van der Waals surface area contributed by atoms with Crippen LogP contribution in [0, 0.1) is 25.2 Å². The third-order valence-corrected chi connectivity index (χ3v) is 4.34. The van der Waals surface area contributed by atoms with Crippen LogP contribution in [-0.4, -0.2) is 19.6 Å². The Hall–Kier alpha value is -3.26. The fourth-order valence-corrected chi connectivity index (χ4v) is 2.73. The zero-order chi connectivity index (χ0) is 20.5. The first-order valence-electron chi connectivity index (χ1n) is 9.30. The van der Waals surface area contributed by atoms with E-state index in [-0.39, 0.29) is 5.57 Å². The molecule has 0 atom stereocenters. The van der Waals surface area contributed by atoms with Crippen LogP contribution in [-0.2, 0) is 4.79 Å². The van der Waals surface area contributed by atoms with Crippen LogP contribution in [0.5, 0.6) is 11.5 Å². The number of nitriles is 1. The summed E-state index contributed by atoms with van der Waals surface area (Å²) in [6.07, 6.45) is 3.55. The number of rotatable bonds is 8. The predicted molar refractivity (Wildman–Crippen MR) is 112 cm³/mol. The summed E-state index contributed by atoms with van der Waals surface area (Å²) in [5.41, 5.74) is 3.32. The molecule has 0 saturated heterocycles. The van der Waals surface area contributed by atoms with Crippen LogP contribution in [0.3, 0.4) is 0 Å². The van der Waals surface area contributed by atoms with Gasteiger partial charge < -0.3 is 14.8 Å². The lowest BCUT2D eigenvalue weighted by molar-refractivity contribution is -0.112.